The SMILES string of the molecule is COc1ccc(NC(=O)/C(C#N)=C/c2ccc(OCc3ccc(C)c(C)c3)c(Cl)c2)cc1. The lowest BCUT2D eigenvalue weighted by molar-refractivity contribution is -0.112. The summed E-state index contributed by atoms with van der Waals surface area (Å²) in [6.07, 6.45) is 1.48. The fraction of sp³-hybridized carbons (Fsp3) is 0.154. The fourth-order valence-electron chi connectivity index (χ4n) is 2.97. The molecular formula is C26H23ClN2O3. The van der Waals surface area contributed by atoms with Gasteiger partial charge in [-0.15, -0.1) is 0 Å². The molecule has 5 nitrogen and oxygen atoms in total. The average Bonchev–Trinajstić information content (AvgIpc) is 2.79. The number of amides is 1. The summed E-state index contributed by atoms with van der Waals surface area (Å²) in [6, 6.07) is 20.1. The van der Waals surface area contributed by atoms with Gasteiger partial charge in [-0.05, 0) is 78.6 Å². The van der Waals surface area contributed by atoms with Crippen molar-refractivity contribution >= 4 is 29.3 Å². The van der Waals surface area contributed by atoms with Crippen LogP contribution in [-0.2, 0) is 11.4 Å². The van der Waals surface area contributed by atoms with Crippen molar-refractivity contribution in [2.75, 3.05) is 12.4 Å². The Bertz CT molecular complexity index is 1190. The lowest BCUT2D eigenvalue weighted by Crippen LogP contribution is -2.13. The number of ether oxygens (including phenoxy) is 2. The van der Waals surface area contributed by atoms with Crippen LogP contribution in [-0.4, -0.2) is 13.0 Å². The van der Waals surface area contributed by atoms with Crippen LogP contribution in [0.3, 0.4) is 0 Å². The van der Waals surface area contributed by atoms with Crippen LogP contribution in [0, 0.1) is 25.2 Å². The van der Waals surface area contributed by atoms with Gasteiger partial charge in [-0.25, -0.2) is 0 Å². The lowest BCUT2D eigenvalue weighted by atomic mass is 10.1. The van der Waals surface area contributed by atoms with E-state index >= 15 is 0 Å². The molecule has 3 rings (SSSR count). The van der Waals surface area contributed by atoms with Gasteiger partial charge in [0.1, 0.15) is 29.7 Å². The molecule has 6 heteroatoms. The molecule has 0 unspecified atom stereocenters. The summed E-state index contributed by atoms with van der Waals surface area (Å²) in [6.45, 7) is 4.52. The minimum absolute atomic E-state index is 0.0410. The normalized spacial score (nSPS) is 10.9. The highest BCUT2D eigenvalue weighted by molar-refractivity contribution is 6.32. The van der Waals surface area contributed by atoms with E-state index in [9.17, 15) is 10.1 Å². The molecule has 0 saturated carbocycles. The number of nitrogens with zero attached hydrogens (tertiary/aromatic N) is 1. The minimum atomic E-state index is -0.510. The Morgan fingerprint density at radius 2 is 1.81 bits per heavy atom. The maximum Gasteiger partial charge on any atom is 0.266 e. The molecule has 1 N–H and O–H groups in total. The van der Waals surface area contributed by atoms with Gasteiger partial charge >= 0.3 is 0 Å². The summed E-state index contributed by atoms with van der Waals surface area (Å²) >= 11 is 6.37. The molecule has 0 heterocycles. The molecule has 0 atom stereocenters. The number of carbonyl (C=O) groups is 1. The molecule has 3 aromatic carbocycles. The monoisotopic (exact) mass is 446 g/mol. The second-order valence-electron chi connectivity index (χ2n) is 7.25. The van der Waals surface area contributed by atoms with Crippen LogP contribution in [0.5, 0.6) is 11.5 Å². The Hall–Kier alpha value is -3.75. The van der Waals surface area contributed by atoms with Gasteiger partial charge in [0, 0.05) is 5.69 Å². The molecule has 0 radical (unpaired) electrons. The van der Waals surface area contributed by atoms with Crippen LogP contribution in [0.1, 0.15) is 22.3 Å². The Kier molecular flexibility index (Phi) is 7.54. The van der Waals surface area contributed by atoms with Crippen molar-refractivity contribution in [1.29, 1.82) is 5.26 Å². The summed E-state index contributed by atoms with van der Waals surface area (Å²) in [5, 5.41) is 12.5. The smallest absolute Gasteiger partial charge is 0.266 e. The maximum absolute atomic E-state index is 12.5. The van der Waals surface area contributed by atoms with Crippen LogP contribution >= 0.6 is 11.6 Å². The van der Waals surface area contributed by atoms with E-state index in [1.165, 1.54) is 17.2 Å². The summed E-state index contributed by atoms with van der Waals surface area (Å²) < 4.78 is 10.9. The first-order valence-electron chi connectivity index (χ1n) is 9.95. The molecule has 0 fully saturated rings. The first kappa shape index (κ1) is 22.9. The van der Waals surface area contributed by atoms with E-state index in [1.807, 2.05) is 12.1 Å². The summed E-state index contributed by atoms with van der Waals surface area (Å²) in [4.78, 5) is 12.5. The summed E-state index contributed by atoms with van der Waals surface area (Å²) in [7, 11) is 1.56. The topological polar surface area (TPSA) is 71.3 Å². The van der Waals surface area contributed by atoms with E-state index < -0.39 is 5.91 Å². The van der Waals surface area contributed by atoms with Crippen molar-refractivity contribution < 1.29 is 14.3 Å². The number of benzene rings is 3. The van der Waals surface area contributed by atoms with E-state index in [0.29, 0.717) is 34.4 Å². The molecular weight excluding hydrogens is 424 g/mol. The van der Waals surface area contributed by atoms with Gasteiger partial charge in [0.05, 0.1) is 12.1 Å². The standard InChI is InChI=1S/C26H23ClN2O3/c1-17-4-5-20(12-18(17)2)16-32-25-11-6-19(14-24(25)27)13-21(15-28)26(30)29-22-7-9-23(31-3)10-8-22/h4-14H,16H2,1-3H3,(H,29,30)/b21-13+. The van der Waals surface area contributed by atoms with Crippen molar-refractivity contribution in [3.8, 4) is 17.6 Å². The Balaban J connectivity index is 1.69. The molecule has 0 spiro atoms. The highest BCUT2D eigenvalue weighted by Crippen LogP contribution is 2.27. The molecule has 1 amide bonds. The van der Waals surface area contributed by atoms with E-state index in [4.69, 9.17) is 21.1 Å². The lowest BCUT2D eigenvalue weighted by Gasteiger charge is -2.10. The van der Waals surface area contributed by atoms with Gasteiger partial charge in [-0.1, -0.05) is 35.9 Å². The second-order valence-corrected chi connectivity index (χ2v) is 7.66. The number of rotatable bonds is 7. The number of carbonyl (C=O) groups excluding carboxylic acids is 1. The number of halogens is 1. The highest BCUT2D eigenvalue weighted by atomic mass is 35.5. The molecule has 32 heavy (non-hydrogen) atoms. The van der Waals surface area contributed by atoms with Crippen LogP contribution in [0.2, 0.25) is 5.02 Å². The molecule has 162 valence electrons. The number of aryl methyl sites for hydroxylation is 2. The molecule has 3 aromatic rings. The average molecular weight is 447 g/mol. The largest absolute Gasteiger partial charge is 0.497 e. The number of anilines is 1. The zero-order valence-electron chi connectivity index (χ0n) is 18.1. The molecule has 0 aromatic heterocycles. The maximum atomic E-state index is 12.5. The van der Waals surface area contributed by atoms with E-state index in [0.717, 1.165) is 5.56 Å². The number of hydrogen-bond acceptors (Lipinski definition) is 4. The molecule has 0 bridgehead atoms. The fourth-order valence-corrected chi connectivity index (χ4v) is 3.21. The minimum Gasteiger partial charge on any atom is -0.497 e. The predicted octanol–water partition coefficient (Wildman–Crippen LogP) is 6.09. The van der Waals surface area contributed by atoms with Crippen molar-refractivity contribution in [3.05, 3.63) is 93.5 Å². The van der Waals surface area contributed by atoms with E-state index in [1.54, 1.807) is 49.6 Å². The Labute approximate surface area is 192 Å². The first-order valence-corrected chi connectivity index (χ1v) is 10.3. The van der Waals surface area contributed by atoms with Crippen molar-refractivity contribution in [2.24, 2.45) is 0 Å². The van der Waals surface area contributed by atoms with Crippen molar-refractivity contribution in [1.82, 2.24) is 0 Å². The zero-order chi connectivity index (χ0) is 23.1. The number of methoxy groups -OCH3 is 1. The highest BCUT2D eigenvalue weighted by Gasteiger charge is 2.11. The molecule has 0 aliphatic rings. The van der Waals surface area contributed by atoms with Gasteiger partial charge < -0.3 is 14.8 Å². The molecule has 0 aliphatic carbocycles. The van der Waals surface area contributed by atoms with Crippen LogP contribution in [0.15, 0.2) is 66.2 Å². The van der Waals surface area contributed by atoms with Gasteiger partial charge in [-0.2, -0.15) is 5.26 Å². The van der Waals surface area contributed by atoms with E-state index in [-0.39, 0.29) is 5.57 Å². The third-order valence-corrected chi connectivity index (χ3v) is 5.24. The second kappa shape index (κ2) is 10.5. The molecule has 0 saturated heterocycles. The van der Waals surface area contributed by atoms with Crippen LogP contribution in [0.4, 0.5) is 5.69 Å². The quantitative estimate of drug-likeness (QED) is 0.352. The predicted molar refractivity (Wildman–Crippen MR) is 127 cm³/mol. The van der Waals surface area contributed by atoms with Crippen LogP contribution < -0.4 is 14.8 Å². The van der Waals surface area contributed by atoms with Crippen molar-refractivity contribution in [3.63, 3.8) is 0 Å². The van der Waals surface area contributed by atoms with E-state index in [2.05, 4.69) is 31.3 Å². The third kappa shape index (κ3) is 5.90. The van der Waals surface area contributed by atoms with Gasteiger partial charge in [0.2, 0.25) is 0 Å². The van der Waals surface area contributed by atoms with Gasteiger partial charge in [0.15, 0.2) is 0 Å². The number of nitriles is 1. The first-order chi connectivity index (χ1) is 15.4. The van der Waals surface area contributed by atoms with Gasteiger partial charge in [-0.3, -0.25) is 4.79 Å². The summed E-state index contributed by atoms with van der Waals surface area (Å²) in [5.41, 5.74) is 4.62. The van der Waals surface area contributed by atoms with Gasteiger partial charge in [0.25, 0.3) is 5.91 Å². The summed E-state index contributed by atoms with van der Waals surface area (Å²) in [5.74, 6) is 0.695. The number of nitrogens with one attached hydrogen (secondary N) is 1. The Morgan fingerprint density at radius 3 is 2.44 bits per heavy atom. The zero-order valence-corrected chi connectivity index (χ0v) is 18.9. The van der Waals surface area contributed by atoms with Crippen molar-refractivity contribution in [2.45, 2.75) is 20.5 Å². The Morgan fingerprint density at radius 1 is 1.06 bits per heavy atom. The van der Waals surface area contributed by atoms with Crippen LogP contribution in [0.25, 0.3) is 6.08 Å². The number of hydrogen-bond donors (Lipinski definition) is 1. The molecule has 0 aliphatic heterocycles. The third-order valence-electron chi connectivity index (χ3n) is 4.95.